The molecule has 0 aliphatic heterocycles. The molecule has 1 amide bonds. The third kappa shape index (κ3) is 4.77. The molecule has 136 valence electrons. The molecule has 0 aliphatic rings. The van der Waals surface area contributed by atoms with Crippen LogP contribution in [0.3, 0.4) is 0 Å². The summed E-state index contributed by atoms with van der Waals surface area (Å²) in [6, 6.07) is 14.3. The molecule has 26 heavy (non-hydrogen) atoms. The fourth-order valence-corrected chi connectivity index (χ4v) is 4.50. The van der Waals surface area contributed by atoms with E-state index in [9.17, 15) is 4.79 Å². The number of anilines is 1. The molecule has 1 aromatic heterocycles. The molecule has 0 bridgehead atoms. The number of thioether (sulfide) groups is 1. The van der Waals surface area contributed by atoms with Gasteiger partial charge < -0.3 is 10.1 Å². The van der Waals surface area contributed by atoms with Crippen molar-refractivity contribution in [2.24, 2.45) is 0 Å². The van der Waals surface area contributed by atoms with Gasteiger partial charge in [0.25, 0.3) is 0 Å². The maximum Gasteiger partial charge on any atom is 0.226 e. The van der Waals surface area contributed by atoms with E-state index >= 15 is 0 Å². The van der Waals surface area contributed by atoms with E-state index in [1.807, 2.05) is 36.9 Å². The number of ether oxygens (including phenoxy) is 1. The summed E-state index contributed by atoms with van der Waals surface area (Å²) in [6.07, 6.45) is 1.37. The van der Waals surface area contributed by atoms with Gasteiger partial charge in [0, 0.05) is 12.2 Å². The van der Waals surface area contributed by atoms with Crippen LogP contribution in [0.1, 0.15) is 24.0 Å². The minimum Gasteiger partial charge on any atom is -0.494 e. The third-order valence-corrected chi connectivity index (χ3v) is 6.19. The number of thiazole rings is 1. The average molecular weight is 387 g/mol. The van der Waals surface area contributed by atoms with Crippen molar-refractivity contribution in [2.75, 3.05) is 18.2 Å². The Balaban J connectivity index is 1.47. The van der Waals surface area contributed by atoms with E-state index in [4.69, 9.17) is 4.74 Å². The topological polar surface area (TPSA) is 51.2 Å². The number of aryl methyl sites for hydroxylation is 1. The Kier molecular flexibility index (Phi) is 6.52. The van der Waals surface area contributed by atoms with Crippen molar-refractivity contribution in [3.8, 4) is 5.75 Å². The van der Waals surface area contributed by atoms with Gasteiger partial charge in [0.1, 0.15) is 11.3 Å². The van der Waals surface area contributed by atoms with Crippen molar-refractivity contribution < 1.29 is 9.53 Å². The normalized spacial score (nSPS) is 10.8. The summed E-state index contributed by atoms with van der Waals surface area (Å²) in [5, 5.41) is 3.56. The molecule has 3 aromatic rings. The van der Waals surface area contributed by atoms with E-state index in [1.165, 1.54) is 16.9 Å². The van der Waals surface area contributed by atoms with Crippen LogP contribution < -0.4 is 10.1 Å². The van der Waals surface area contributed by atoms with Gasteiger partial charge in [0.05, 0.1) is 11.8 Å². The van der Waals surface area contributed by atoms with Crippen LogP contribution in [-0.2, 0) is 10.5 Å². The summed E-state index contributed by atoms with van der Waals surface area (Å²) >= 11 is 3.35. The van der Waals surface area contributed by atoms with Crippen molar-refractivity contribution in [1.29, 1.82) is 0 Å². The molecule has 6 heteroatoms. The molecule has 0 saturated carbocycles. The van der Waals surface area contributed by atoms with Gasteiger partial charge in [0.15, 0.2) is 5.13 Å². The largest absolute Gasteiger partial charge is 0.494 e. The predicted octanol–water partition coefficient (Wildman–Crippen LogP) is 5.27. The number of carbonyl (C=O) groups is 1. The molecule has 0 fully saturated rings. The molecule has 3 rings (SSSR count). The Morgan fingerprint density at radius 2 is 2.04 bits per heavy atom. The summed E-state index contributed by atoms with van der Waals surface area (Å²) in [5.41, 5.74) is 3.27. The highest BCUT2D eigenvalue weighted by molar-refractivity contribution is 7.98. The summed E-state index contributed by atoms with van der Waals surface area (Å²) < 4.78 is 6.41. The molecule has 0 spiro atoms. The number of hydrogen-bond donors (Lipinski definition) is 1. The van der Waals surface area contributed by atoms with Gasteiger partial charge in [0.2, 0.25) is 5.91 Å². The van der Waals surface area contributed by atoms with Crippen LogP contribution in [0.25, 0.3) is 10.2 Å². The lowest BCUT2D eigenvalue weighted by molar-refractivity contribution is -0.116. The molecule has 1 heterocycles. The lowest BCUT2D eigenvalue weighted by atomic mass is 10.2. The van der Waals surface area contributed by atoms with Crippen LogP contribution in [0, 0.1) is 6.92 Å². The number of carbonyl (C=O) groups excluding carboxylic acids is 1. The van der Waals surface area contributed by atoms with Crippen molar-refractivity contribution in [1.82, 2.24) is 4.98 Å². The fourth-order valence-electron chi connectivity index (χ4n) is 2.61. The summed E-state index contributed by atoms with van der Waals surface area (Å²) in [4.78, 5) is 16.7. The molecule has 0 aliphatic carbocycles. The molecule has 0 radical (unpaired) electrons. The second kappa shape index (κ2) is 9.05. The van der Waals surface area contributed by atoms with Crippen molar-refractivity contribution in [2.45, 2.75) is 25.5 Å². The lowest BCUT2D eigenvalue weighted by Crippen LogP contribution is -2.11. The molecule has 0 atom stereocenters. The molecule has 0 unspecified atom stereocenters. The average Bonchev–Trinajstić information content (AvgIpc) is 3.07. The molecule has 0 saturated heterocycles. The van der Waals surface area contributed by atoms with Crippen LogP contribution in [0.5, 0.6) is 5.75 Å². The highest BCUT2D eigenvalue weighted by Gasteiger charge is 2.12. The van der Waals surface area contributed by atoms with E-state index in [0.29, 0.717) is 11.6 Å². The lowest BCUT2D eigenvalue weighted by Gasteiger charge is -2.03. The first kappa shape index (κ1) is 18.7. The molecule has 4 nitrogen and oxygen atoms in total. The van der Waals surface area contributed by atoms with Crippen LogP contribution in [0.2, 0.25) is 0 Å². The number of fused-ring (bicyclic) bond motifs is 1. The van der Waals surface area contributed by atoms with Gasteiger partial charge in [-0.1, -0.05) is 47.7 Å². The van der Waals surface area contributed by atoms with Gasteiger partial charge in [-0.25, -0.2) is 4.98 Å². The first-order valence-electron chi connectivity index (χ1n) is 8.53. The second-order valence-corrected chi connectivity index (χ2v) is 8.08. The quantitative estimate of drug-likeness (QED) is 0.536. The number of methoxy groups -OCH3 is 1. The zero-order valence-electron chi connectivity index (χ0n) is 15.0. The van der Waals surface area contributed by atoms with Crippen LogP contribution in [0.4, 0.5) is 5.13 Å². The fraction of sp³-hybridized carbons (Fsp3) is 0.300. The maximum atomic E-state index is 12.2. The molecular weight excluding hydrogens is 364 g/mol. The van der Waals surface area contributed by atoms with E-state index in [1.54, 1.807) is 7.11 Å². The number of benzene rings is 2. The minimum absolute atomic E-state index is 0.0148. The van der Waals surface area contributed by atoms with Crippen LogP contribution in [0.15, 0.2) is 42.5 Å². The van der Waals surface area contributed by atoms with Crippen molar-refractivity contribution in [3.63, 3.8) is 0 Å². The van der Waals surface area contributed by atoms with Crippen LogP contribution in [-0.4, -0.2) is 23.8 Å². The zero-order valence-corrected chi connectivity index (χ0v) is 16.6. The number of nitrogens with one attached hydrogen (secondary N) is 1. The summed E-state index contributed by atoms with van der Waals surface area (Å²) in [7, 11) is 1.63. The van der Waals surface area contributed by atoms with E-state index in [0.717, 1.165) is 39.5 Å². The number of amides is 1. The number of nitrogens with zero attached hydrogens (tertiary/aromatic N) is 1. The second-order valence-electron chi connectivity index (χ2n) is 5.97. The highest BCUT2D eigenvalue weighted by atomic mass is 32.2. The highest BCUT2D eigenvalue weighted by Crippen LogP contribution is 2.34. The van der Waals surface area contributed by atoms with Gasteiger partial charge >= 0.3 is 0 Å². The van der Waals surface area contributed by atoms with Crippen LogP contribution >= 0.6 is 23.1 Å². The minimum atomic E-state index is 0.0148. The summed E-state index contributed by atoms with van der Waals surface area (Å²) in [5.74, 6) is 2.70. The summed E-state index contributed by atoms with van der Waals surface area (Å²) in [6.45, 7) is 2.04. The molecule has 2 aromatic carbocycles. The monoisotopic (exact) mass is 386 g/mol. The van der Waals surface area contributed by atoms with E-state index in [-0.39, 0.29) is 5.91 Å². The Morgan fingerprint density at radius 3 is 2.81 bits per heavy atom. The zero-order chi connectivity index (χ0) is 18.4. The number of aromatic nitrogens is 1. The van der Waals surface area contributed by atoms with Gasteiger partial charge in [-0.05, 0) is 36.3 Å². The van der Waals surface area contributed by atoms with Gasteiger partial charge in [-0.15, -0.1) is 0 Å². The standard InChI is InChI=1S/C20H22N2O2S2/c1-14-10-11-16(24-2)18-19(14)26-20(22-18)21-17(23)9-6-12-25-13-15-7-4-3-5-8-15/h3-5,7-8,10-11H,6,9,12-13H2,1-2H3,(H,21,22,23). The predicted molar refractivity (Wildman–Crippen MR) is 111 cm³/mol. The Morgan fingerprint density at radius 1 is 1.23 bits per heavy atom. The molecular formula is C20H22N2O2S2. The van der Waals surface area contributed by atoms with Crippen molar-refractivity contribution >= 4 is 44.4 Å². The van der Waals surface area contributed by atoms with E-state index in [2.05, 4.69) is 34.6 Å². The van der Waals surface area contributed by atoms with Gasteiger partial charge in [-0.3, -0.25) is 4.79 Å². The van der Waals surface area contributed by atoms with Gasteiger partial charge in [-0.2, -0.15) is 11.8 Å². The first-order valence-corrected chi connectivity index (χ1v) is 10.5. The smallest absolute Gasteiger partial charge is 0.226 e. The Labute approximate surface area is 162 Å². The van der Waals surface area contributed by atoms with E-state index < -0.39 is 0 Å². The van der Waals surface area contributed by atoms with Crippen molar-refractivity contribution in [3.05, 3.63) is 53.6 Å². The maximum absolute atomic E-state index is 12.2. The SMILES string of the molecule is COc1ccc(C)c2sc(NC(=O)CCCSCc3ccccc3)nc12. The number of rotatable bonds is 8. The first-order chi connectivity index (χ1) is 12.7. The Hall–Kier alpha value is -2.05. The Bertz CT molecular complexity index is 878. The molecule has 1 N–H and O–H groups in total. The third-order valence-electron chi connectivity index (χ3n) is 3.97. The number of hydrogen-bond acceptors (Lipinski definition) is 5.